The fourth-order valence-electron chi connectivity index (χ4n) is 1.71. The maximum absolute atomic E-state index is 13.7. The second-order valence-electron chi connectivity index (χ2n) is 4.23. The van der Waals surface area contributed by atoms with Crippen molar-refractivity contribution in [3.63, 3.8) is 0 Å². The summed E-state index contributed by atoms with van der Waals surface area (Å²) < 4.78 is 18.6. The minimum atomic E-state index is -0.571. The zero-order chi connectivity index (χ0) is 15.1. The number of thiophene rings is 1. The molecule has 112 valence electrons. The number of carbonyl (C=O) groups excluding carboxylic acids is 1. The smallest absolute Gasteiger partial charge is 0.254 e. The first-order valence-corrected chi connectivity index (χ1v) is 8.46. The second kappa shape index (κ2) is 8.05. The van der Waals surface area contributed by atoms with Gasteiger partial charge in [0.1, 0.15) is 11.6 Å². The summed E-state index contributed by atoms with van der Waals surface area (Å²) >= 11 is 3.46. The molecule has 0 unspecified atom stereocenters. The molecular weight excluding hydrogens is 309 g/mol. The zero-order valence-electron chi connectivity index (χ0n) is 11.6. The number of hydrogen-bond acceptors (Lipinski definition) is 4. The molecule has 0 aliphatic rings. The van der Waals surface area contributed by atoms with Crippen molar-refractivity contribution in [2.24, 2.45) is 0 Å². The van der Waals surface area contributed by atoms with Gasteiger partial charge in [0.2, 0.25) is 0 Å². The van der Waals surface area contributed by atoms with Gasteiger partial charge in [-0.05, 0) is 23.6 Å². The Kier molecular flexibility index (Phi) is 6.07. The van der Waals surface area contributed by atoms with Crippen LogP contribution in [0.1, 0.15) is 15.2 Å². The first-order valence-electron chi connectivity index (χ1n) is 6.42. The molecule has 2 rings (SSSR count). The molecule has 0 fully saturated rings. The number of nitrogens with one attached hydrogen (secondary N) is 1. The van der Waals surface area contributed by atoms with Gasteiger partial charge in [0.15, 0.2) is 0 Å². The average Bonchev–Trinajstić information content (AvgIpc) is 2.99. The third-order valence-corrected chi connectivity index (χ3v) is 4.84. The highest BCUT2D eigenvalue weighted by atomic mass is 32.2. The molecular formula is C15H16FNO2S2. The van der Waals surface area contributed by atoms with E-state index in [4.69, 9.17) is 4.74 Å². The minimum absolute atomic E-state index is 0.0408. The molecule has 0 atom stereocenters. The highest BCUT2D eigenvalue weighted by molar-refractivity contribution is 7.98. The molecule has 1 aromatic carbocycles. The van der Waals surface area contributed by atoms with E-state index < -0.39 is 11.7 Å². The Morgan fingerprint density at radius 1 is 1.43 bits per heavy atom. The van der Waals surface area contributed by atoms with Crippen LogP contribution in [0.25, 0.3) is 0 Å². The van der Waals surface area contributed by atoms with Crippen molar-refractivity contribution in [2.45, 2.75) is 5.75 Å². The predicted octanol–water partition coefficient (Wildman–Crippen LogP) is 3.56. The summed E-state index contributed by atoms with van der Waals surface area (Å²) in [6.45, 7) is 0.514. The first-order chi connectivity index (χ1) is 10.2. The first kappa shape index (κ1) is 15.9. The molecule has 1 heterocycles. The molecule has 0 spiro atoms. The lowest BCUT2D eigenvalue weighted by molar-refractivity contribution is 0.0952. The molecule has 0 bridgehead atoms. The topological polar surface area (TPSA) is 38.3 Å². The van der Waals surface area contributed by atoms with Crippen LogP contribution in [0.5, 0.6) is 5.75 Å². The van der Waals surface area contributed by atoms with Gasteiger partial charge >= 0.3 is 0 Å². The van der Waals surface area contributed by atoms with Crippen LogP contribution in [0.15, 0.2) is 35.7 Å². The predicted molar refractivity (Wildman–Crippen MR) is 85.8 cm³/mol. The van der Waals surface area contributed by atoms with Gasteiger partial charge in [-0.15, -0.1) is 11.3 Å². The maximum atomic E-state index is 13.7. The molecule has 0 radical (unpaired) electrons. The Morgan fingerprint density at radius 3 is 2.95 bits per heavy atom. The van der Waals surface area contributed by atoms with E-state index in [0.717, 1.165) is 11.5 Å². The largest absolute Gasteiger partial charge is 0.497 e. The van der Waals surface area contributed by atoms with Gasteiger partial charge in [-0.3, -0.25) is 4.79 Å². The average molecular weight is 325 g/mol. The molecule has 0 saturated carbocycles. The van der Waals surface area contributed by atoms with E-state index in [1.165, 1.54) is 24.1 Å². The number of hydrogen-bond donors (Lipinski definition) is 1. The number of halogens is 1. The quantitative estimate of drug-likeness (QED) is 0.791. The molecule has 0 aliphatic carbocycles. The Labute approximate surface area is 131 Å². The van der Waals surface area contributed by atoms with Crippen molar-refractivity contribution in [3.05, 3.63) is 52.0 Å². The summed E-state index contributed by atoms with van der Waals surface area (Å²) in [6.07, 6.45) is 0. The van der Waals surface area contributed by atoms with Crippen LogP contribution in [0.3, 0.4) is 0 Å². The van der Waals surface area contributed by atoms with Crippen LogP contribution in [0, 0.1) is 5.82 Å². The van der Waals surface area contributed by atoms with Crippen molar-refractivity contribution in [1.82, 2.24) is 5.32 Å². The van der Waals surface area contributed by atoms with Crippen molar-refractivity contribution < 1.29 is 13.9 Å². The third kappa shape index (κ3) is 4.75. The monoisotopic (exact) mass is 325 g/mol. The van der Waals surface area contributed by atoms with Crippen LogP contribution >= 0.6 is 23.1 Å². The van der Waals surface area contributed by atoms with Crippen LogP contribution < -0.4 is 10.1 Å². The highest BCUT2D eigenvalue weighted by Gasteiger charge is 2.11. The lowest BCUT2D eigenvalue weighted by atomic mass is 10.2. The molecule has 3 nitrogen and oxygen atoms in total. The van der Waals surface area contributed by atoms with Gasteiger partial charge in [0.05, 0.1) is 12.7 Å². The lowest BCUT2D eigenvalue weighted by Crippen LogP contribution is -2.26. The Hall–Kier alpha value is -1.53. The number of ether oxygens (including phenoxy) is 1. The lowest BCUT2D eigenvalue weighted by Gasteiger charge is -2.07. The van der Waals surface area contributed by atoms with Crippen molar-refractivity contribution in [1.29, 1.82) is 0 Å². The van der Waals surface area contributed by atoms with Gasteiger partial charge < -0.3 is 10.1 Å². The van der Waals surface area contributed by atoms with Crippen LogP contribution in [0.2, 0.25) is 0 Å². The normalized spacial score (nSPS) is 10.4. The molecule has 1 aromatic heterocycles. The third-order valence-electron chi connectivity index (χ3n) is 2.78. The number of thioether (sulfide) groups is 1. The van der Waals surface area contributed by atoms with Crippen LogP contribution in [-0.2, 0) is 5.75 Å². The maximum Gasteiger partial charge on any atom is 0.254 e. The van der Waals surface area contributed by atoms with E-state index in [9.17, 15) is 9.18 Å². The number of rotatable bonds is 7. The summed E-state index contributed by atoms with van der Waals surface area (Å²) in [5.41, 5.74) is 0.0408. The molecule has 21 heavy (non-hydrogen) atoms. The van der Waals surface area contributed by atoms with Crippen LogP contribution in [0.4, 0.5) is 4.39 Å². The fraction of sp³-hybridized carbons (Fsp3) is 0.267. The summed E-state index contributed by atoms with van der Waals surface area (Å²) in [7, 11) is 1.46. The molecule has 1 amide bonds. The Balaban J connectivity index is 1.74. The Morgan fingerprint density at radius 2 is 2.29 bits per heavy atom. The van der Waals surface area contributed by atoms with Gasteiger partial charge in [0, 0.05) is 29.0 Å². The van der Waals surface area contributed by atoms with Gasteiger partial charge in [-0.25, -0.2) is 4.39 Å². The molecule has 6 heteroatoms. The van der Waals surface area contributed by atoms with Crippen molar-refractivity contribution >= 4 is 29.0 Å². The van der Waals surface area contributed by atoms with Gasteiger partial charge in [0.25, 0.3) is 5.91 Å². The number of amides is 1. The summed E-state index contributed by atoms with van der Waals surface area (Å²) in [5, 5.41) is 4.77. The summed E-state index contributed by atoms with van der Waals surface area (Å²) in [5.74, 6) is 1.16. The van der Waals surface area contributed by atoms with Crippen molar-refractivity contribution in [3.8, 4) is 5.75 Å². The van der Waals surface area contributed by atoms with E-state index >= 15 is 0 Å². The zero-order valence-corrected chi connectivity index (χ0v) is 13.2. The Bertz CT molecular complexity index is 587. The van der Waals surface area contributed by atoms with Crippen molar-refractivity contribution in [2.75, 3.05) is 19.4 Å². The van der Waals surface area contributed by atoms with Gasteiger partial charge in [-0.2, -0.15) is 11.8 Å². The van der Waals surface area contributed by atoms with E-state index in [2.05, 4.69) is 11.4 Å². The number of carbonyl (C=O) groups is 1. The van der Waals surface area contributed by atoms with Crippen LogP contribution in [-0.4, -0.2) is 25.3 Å². The highest BCUT2D eigenvalue weighted by Crippen LogP contribution is 2.17. The minimum Gasteiger partial charge on any atom is -0.497 e. The second-order valence-corrected chi connectivity index (χ2v) is 6.37. The molecule has 1 N–H and O–H groups in total. The van der Waals surface area contributed by atoms with E-state index in [1.807, 2.05) is 11.4 Å². The standard InChI is InChI=1S/C15H16FNO2S2/c1-19-11-4-5-13(14(16)9-11)15(18)17-6-8-20-10-12-3-2-7-21-12/h2-5,7,9H,6,8,10H2,1H3,(H,17,18). The summed E-state index contributed by atoms with van der Waals surface area (Å²) in [4.78, 5) is 13.2. The fourth-order valence-corrected chi connectivity index (χ4v) is 3.41. The number of methoxy groups -OCH3 is 1. The van der Waals surface area contributed by atoms with E-state index in [-0.39, 0.29) is 5.56 Å². The molecule has 0 aliphatic heterocycles. The summed E-state index contributed by atoms with van der Waals surface area (Å²) in [6, 6.07) is 8.32. The number of benzene rings is 1. The van der Waals surface area contributed by atoms with E-state index in [1.54, 1.807) is 29.2 Å². The molecule has 2 aromatic rings. The molecule has 0 saturated heterocycles. The SMILES string of the molecule is COc1ccc(C(=O)NCCSCc2cccs2)c(F)c1. The van der Waals surface area contributed by atoms with E-state index in [0.29, 0.717) is 12.3 Å². The van der Waals surface area contributed by atoms with Gasteiger partial charge in [-0.1, -0.05) is 6.07 Å².